The summed E-state index contributed by atoms with van der Waals surface area (Å²) in [5, 5.41) is 3.44. The Morgan fingerprint density at radius 2 is 1.40 bits per heavy atom. The summed E-state index contributed by atoms with van der Waals surface area (Å²) in [5.41, 5.74) is 2.81. The Hall–Kier alpha value is -3.75. The summed E-state index contributed by atoms with van der Waals surface area (Å²) < 4.78 is 22.9. The van der Waals surface area contributed by atoms with Crippen molar-refractivity contribution in [3.05, 3.63) is 82.4 Å². The van der Waals surface area contributed by atoms with Crippen LogP contribution in [0, 0.1) is 5.41 Å². The molecule has 0 unspecified atom stereocenters. The number of halogens is 1. The number of amides is 1. The maximum atomic E-state index is 13.4. The highest BCUT2D eigenvalue weighted by molar-refractivity contribution is 6.49. The molecule has 0 saturated carbocycles. The number of ether oxygens (including phenoxy) is 4. The number of carbonyl (C=O) groups excluding carboxylic acids is 1. The minimum atomic E-state index is -0.241. The van der Waals surface area contributed by atoms with Crippen molar-refractivity contribution >= 4 is 23.2 Å². The predicted octanol–water partition coefficient (Wildman–Crippen LogP) is 5.54. The van der Waals surface area contributed by atoms with Crippen molar-refractivity contribution in [1.82, 2.24) is 10.2 Å². The molecular weight excluding hydrogens is 554 g/mol. The molecule has 0 spiro atoms. The Kier molecular flexibility index (Phi) is 9.55. The van der Waals surface area contributed by atoms with Gasteiger partial charge in [-0.25, -0.2) is 0 Å². The van der Waals surface area contributed by atoms with Crippen LogP contribution in [0.3, 0.4) is 0 Å². The Labute approximate surface area is 252 Å². The SMILES string of the molecule is C/N=C(\C(=O)NCC12CCN(CC1)CC2)c1ccc(OCc2ccc(OC)cc2)c(OCc2ccc(OC)cc2)c1Cl. The van der Waals surface area contributed by atoms with Crippen LogP contribution >= 0.6 is 11.6 Å². The molecule has 0 radical (unpaired) electrons. The molecule has 3 heterocycles. The third-order valence-corrected chi connectivity index (χ3v) is 8.72. The number of rotatable bonds is 12. The highest BCUT2D eigenvalue weighted by atomic mass is 35.5. The fourth-order valence-electron chi connectivity index (χ4n) is 5.59. The molecule has 6 rings (SSSR count). The first-order valence-electron chi connectivity index (χ1n) is 14.3. The molecule has 3 fully saturated rings. The number of nitrogens with zero attached hydrogens (tertiary/aromatic N) is 2. The van der Waals surface area contributed by atoms with E-state index < -0.39 is 0 Å². The van der Waals surface area contributed by atoms with E-state index >= 15 is 0 Å². The summed E-state index contributed by atoms with van der Waals surface area (Å²) >= 11 is 6.97. The van der Waals surface area contributed by atoms with Crippen molar-refractivity contribution in [2.24, 2.45) is 10.4 Å². The van der Waals surface area contributed by atoms with Gasteiger partial charge >= 0.3 is 0 Å². The zero-order chi connectivity index (χ0) is 29.5. The molecule has 9 heteroatoms. The summed E-state index contributed by atoms with van der Waals surface area (Å²) in [5.74, 6) is 2.11. The van der Waals surface area contributed by atoms with E-state index in [0.29, 0.717) is 30.2 Å². The number of fused-ring (bicyclic) bond motifs is 3. The lowest BCUT2D eigenvalue weighted by atomic mass is 9.72. The Morgan fingerprint density at radius 3 is 1.93 bits per heavy atom. The number of hydrogen-bond donors (Lipinski definition) is 1. The van der Waals surface area contributed by atoms with Gasteiger partial charge in [-0.3, -0.25) is 9.79 Å². The van der Waals surface area contributed by atoms with Crippen molar-refractivity contribution in [2.45, 2.75) is 32.5 Å². The van der Waals surface area contributed by atoms with Gasteiger partial charge in [0.05, 0.1) is 19.2 Å². The molecule has 3 aliphatic heterocycles. The van der Waals surface area contributed by atoms with Gasteiger partial charge in [-0.1, -0.05) is 35.9 Å². The van der Waals surface area contributed by atoms with E-state index in [1.54, 1.807) is 33.4 Å². The van der Waals surface area contributed by atoms with Crippen LogP contribution in [0.1, 0.15) is 36.0 Å². The third-order valence-electron chi connectivity index (χ3n) is 8.35. The van der Waals surface area contributed by atoms with Crippen molar-refractivity contribution in [1.29, 1.82) is 0 Å². The van der Waals surface area contributed by atoms with Crippen LogP contribution in [-0.4, -0.2) is 64.0 Å². The summed E-state index contributed by atoms with van der Waals surface area (Å²) in [6.07, 6.45) is 3.32. The fraction of sp³-hybridized carbons (Fsp3) is 0.394. The van der Waals surface area contributed by atoms with Gasteiger partial charge in [0.15, 0.2) is 11.5 Å². The molecule has 42 heavy (non-hydrogen) atoms. The molecule has 0 aromatic heterocycles. The minimum absolute atomic E-state index is 0.166. The second-order valence-corrected chi connectivity index (χ2v) is 11.3. The second kappa shape index (κ2) is 13.5. The van der Waals surface area contributed by atoms with Crippen molar-refractivity contribution in [3.63, 3.8) is 0 Å². The predicted molar refractivity (Wildman–Crippen MR) is 164 cm³/mol. The van der Waals surface area contributed by atoms with Gasteiger partial charge in [-0.15, -0.1) is 0 Å². The van der Waals surface area contributed by atoms with Gasteiger partial charge < -0.3 is 29.2 Å². The van der Waals surface area contributed by atoms with Gasteiger partial charge in [0.1, 0.15) is 30.4 Å². The summed E-state index contributed by atoms with van der Waals surface area (Å²) in [7, 11) is 4.87. The quantitative estimate of drug-likeness (QED) is 0.279. The minimum Gasteiger partial charge on any atom is -0.497 e. The lowest BCUT2D eigenvalue weighted by molar-refractivity contribution is -0.115. The number of aliphatic imine (C=N–C) groups is 1. The summed E-state index contributed by atoms with van der Waals surface area (Å²) in [6.45, 7) is 4.49. The number of benzene rings is 3. The zero-order valence-corrected chi connectivity index (χ0v) is 25.2. The number of hydrogen-bond acceptors (Lipinski definition) is 7. The molecule has 1 amide bonds. The Bertz CT molecular complexity index is 1390. The molecule has 1 N–H and O–H groups in total. The molecule has 8 nitrogen and oxygen atoms in total. The molecule has 3 aliphatic rings. The Balaban J connectivity index is 1.36. The molecule has 2 bridgehead atoms. The topological polar surface area (TPSA) is 81.6 Å². The molecule has 222 valence electrons. The highest BCUT2D eigenvalue weighted by Gasteiger charge is 2.39. The lowest BCUT2D eigenvalue weighted by Gasteiger charge is -2.48. The van der Waals surface area contributed by atoms with Crippen LogP contribution in [0.15, 0.2) is 65.7 Å². The van der Waals surface area contributed by atoms with E-state index in [9.17, 15) is 4.79 Å². The largest absolute Gasteiger partial charge is 0.497 e. The normalized spacial score (nSPS) is 19.7. The van der Waals surface area contributed by atoms with E-state index in [1.807, 2.05) is 48.5 Å². The van der Waals surface area contributed by atoms with E-state index in [2.05, 4.69) is 15.2 Å². The van der Waals surface area contributed by atoms with Crippen LogP contribution in [-0.2, 0) is 18.0 Å². The maximum Gasteiger partial charge on any atom is 0.270 e. The summed E-state index contributed by atoms with van der Waals surface area (Å²) in [4.78, 5) is 20.3. The molecule has 3 saturated heterocycles. The monoisotopic (exact) mass is 591 g/mol. The molecule has 0 atom stereocenters. The zero-order valence-electron chi connectivity index (χ0n) is 24.5. The Morgan fingerprint density at radius 1 is 0.857 bits per heavy atom. The van der Waals surface area contributed by atoms with Gasteiger partial charge in [0.25, 0.3) is 5.91 Å². The number of methoxy groups -OCH3 is 2. The van der Waals surface area contributed by atoms with Gasteiger partial charge in [-0.2, -0.15) is 0 Å². The number of carbonyl (C=O) groups is 1. The van der Waals surface area contributed by atoms with Crippen molar-refractivity contribution in [2.75, 3.05) is 47.4 Å². The van der Waals surface area contributed by atoms with Crippen LogP contribution in [0.25, 0.3) is 0 Å². The van der Waals surface area contributed by atoms with Gasteiger partial charge in [0.2, 0.25) is 0 Å². The third kappa shape index (κ3) is 6.82. The standard InChI is InChI=1S/C33H38ClN3O5/c1-35-30(32(38)36-22-33-14-17-37(18-15-33)19-16-33)27-12-13-28(41-20-23-4-8-25(39-2)9-5-23)31(29(27)34)42-21-24-6-10-26(40-3)11-7-24/h4-13H,14-22H2,1-3H3,(H,36,38)/b35-30-. The molecular formula is C33H38ClN3O5. The van der Waals surface area contributed by atoms with Crippen LogP contribution in [0.4, 0.5) is 0 Å². The van der Waals surface area contributed by atoms with Crippen LogP contribution < -0.4 is 24.3 Å². The van der Waals surface area contributed by atoms with E-state index in [1.165, 1.54) is 0 Å². The molecule has 0 aliphatic carbocycles. The van der Waals surface area contributed by atoms with Crippen molar-refractivity contribution < 1.29 is 23.7 Å². The van der Waals surface area contributed by atoms with Crippen LogP contribution in [0.2, 0.25) is 5.02 Å². The van der Waals surface area contributed by atoms with Crippen LogP contribution in [0.5, 0.6) is 23.0 Å². The fourth-order valence-corrected chi connectivity index (χ4v) is 5.89. The first-order chi connectivity index (χ1) is 20.4. The van der Waals surface area contributed by atoms with Gasteiger partial charge in [0, 0.05) is 19.2 Å². The molecule has 3 aromatic rings. The van der Waals surface area contributed by atoms with Crippen molar-refractivity contribution in [3.8, 4) is 23.0 Å². The van der Waals surface area contributed by atoms with Gasteiger partial charge in [-0.05, 0) is 91.8 Å². The van der Waals surface area contributed by atoms with E-state index in [0.717, 1.165) is 61.5 Å². The first kappa shape index (κ1) is 29.7. The lowest BCUT2D eigenvalue weighted by Crippen LogP contribution is -2.53. The highest BCUT2D eigenvalue weighted by Crippen LogP contribution is 2.41. The smallest absolute Gasteiger partial charge is 0.270 e. The maximum absolute atomic E-state index is 13.4. The number of nitrogens with one attached hydrogen (secondary N) is 1. The summed E-state index contributed by atoms with van der Waals surface area (Å²) in [6, 6.07) is 18.8. The van der Waals surface area contributed by atoms with E-state index in [-0.39, 0.29) is 28.7 Å². The van der Waals surface area contributed by atoms with E-state index in [4.69, 9.17) is 30.5 Å². The average Bonchev–Trinajstić information content (AvgIpc) is 3.05. The number of piperidine rings is 3. The molecule has 3 aromatic carbocycles. The second-order valence-electron chi connectivity index (χ2n) is 10.9. The average molecular weight is 592 g/mol. The first-order valence-corrected chi connectivity index (χ1v) is 14.6.